The van der Waals surface area contributed by atoms with Crippen molar-refractivity contribution in [1.82, 2.24) is 5.32 Å². The molecule has 0 aliphatic heterocycles. The van der Waals surface area contributed by atoms with Crippen molar-refractivity contribution in [1.29, 1.82) is 0 Å². The van der Waals surface area contributed by atoms with Crippen molar-refractivity contribution >= 4 is 23.1 Å². The summed E-state index contributed by atoms with van der Waals surface area (Å²) in [5, 5.41) is 5.54. The van der Waals surface area contributed by atoms with Gasteiger partial charge in [0.05, 0.1) is 4.21 Å². The molecule has 1 atom stereocenters. The molecular formula is C14H17NS2. The average molecular weight is 263 g/mol. The molecule has 1 aromatic heterocycles. The maximum atomic E-state index is 3.42. The number of benzene rings is 1. The zero-order chi connectivity index (χ0) is 12.1. The third-order valence-electron chi connectivity index (χ3n) is 2.60. The first-order valence-electron chi connectivity index (χ1n) is 5.84. The van der Waals surface area contributed by atoms with E-state index >= 15 is 0 Å². The fraction of sp³-hybridized carbons (Fsp3) is 0.286. The molecule has 3 heteroatoms. The molecule has 2 rings (SSSR count). The van der Waals surface area contributed by atoms with Gasteiger partial charge in [0, 0.05) is 10.9 Å². The first kappa shape index (κ1) is 12.7. The largest absolute Gasteiger partial charge is 0.310 e. The Morgan fingerprint density at radius 1 is 1.24 bits per heavy atom. The summed E-state index contributed by atoms with van der Waals surface area (Å²) in [6, 6.07) is 13.5. The monoisotopic (exact) mass is 263 g/mol. The zero-order valence-corrected chi connectivity index (χ0v) is 11.8. The Hall–Kier alpha value is -0.770. The van der Waals surface area contributed by atoms with Crippen LogP contribution >= 0.6 is 23.1 Å². The molecule has 1 heterocycles. The summed E-state index contributed by atoms with van der Waals surface area (Å²) in [7, 11) is 0. The molecule has 1 N–H and O–H groups in total. The maximum absolute atomic E-state index is 3.42. The van der Waals surface area contributed by atoms with Crippen LogP contribution in [0.4, 0.5) is 0 Å². The summed E-state index contributed by atoms with van der Waals surface area (Å²) in [4.78, 5) is 1.31. The molecule has 2 aromatic rings. The minimum atomic E-state index is 0.431. The predicted octanol–water partition coefficient (Wildman–Crippen LogP) is 4.57. The van der Waals surface area contributed by atoms with Gasteiger partial charge < -0.3 is 5.32 Å². The summed E-state index contributed by atoms with van der Waals surface area (Å²) in [6.45, 7) is 5.34. The van der Waals surface area contributed by atoms with Crippen molar-refractivity contribution < 1.29 is 0 Å². The Kier molecular flexibility index (Phi) is 4.66. The highest BCUT2D eigenvalue weighted by molar-refractivity contribution is 8.01. The van der Waals surface area contributed by atoms with Gasteiger partial charge in [0.15, 0.2) is 0 Å². The Bertz CT molecular complexity index is 434. The standard InChI is InChI=1S/C14H17NS2/c1-3-15-11(2)12-6-8-13(9-7-12)17-14-5-4-10-16-14/h4-11,15H,3H2,1-2H3. The quantitative estimate of drug-likeness (QED) is 0.848. The van der Waals surface area contributed by atoms with Crippen molar-refractivity contribution in [2.75, 3.05) is 6.54 Å². The Morgan fingerprint density at radius 2 is 2.00 bits per heavy atom. The van der Waals surface area contributed by atoms with Crippen LogP contribution < -0.4 is 5.32 Å². The van der Waals surface area contributed by atoms with Gasteiger partial charge in [0.1, 0.15) is 0 Å². The molecule has 1 unspecified atom stereocenters. The highest BCUT2D eigenvalue weighted by atomic mass is 32.2. The Labute approximate surface area is 111 Å². The fourth-order valence-corrected chi connectivity index (χ4v) is 3.43. The molecule has 0 saturated heterocycles. The van der Waals surface area contributed by atoms with E-state index in [1.807, 2.05) is 11.8 Å². The molecule has 90 valence electrons. The van der Waals surface area contributed by atoms with E-state index in [0.29, 0.717) is 6.04 Å². The molecule has 1 aromatic carbocycles. The summed E-state index contributed by atoms with van der Waals surface area (Å²) in [5.41, 5.74) is 1.35. The van der Waals surface area contributed by atoms with E-state index in [1.165, 1.54) is 14.7 Å². The predicted molar refractivity (Wildman–Crippen MR) is 77.0 cm³/mol. The van der Waals surface area contributed by atoms with Gasteiger partial charge in [-0.1, -0.05) is 36.9 Å². The summed E-state index contributed by atoms with van der Waals surface area (Å²) in [6.07, 6.45) is 0. The topological polar surface area (TPSA) is 12.0 Å². The van der Waals surface area contributed by atoms with Gasteiger partial charge in [-0.25, -0.2) is 0 Å². The molecule has 0 aliphatic rings. The van der Waals surface area contributed by atoms with Crippen molar-refractivity contribution in [3.8, 4) is 0 Å². The number of hydrogen-bond donors (Lipinski definition) is 1. The lowest BCUT2D eigenvalue weighted by atomic mass is 10.1. The smallest absolute Gasteiger partial charge is 0.0646 e. The van der Waals surface area contributed by atoms with E-state index in [4.69, 9.17) is 0 Å². The second-order valence-electron chi connectivity index (χ2n) is 3.88. The minimum absolute atomic E-state index is 0.431. The second kappa shape index (κ2) is 6.24. The molecule has 17 heavy (non-hydrogen) atoms. The first-order chi connectivity index (χ1) is 8.29. The van der Waals surface area contributed by atoms with Gasteiger partial charge >= 0.3 is 0 Å². The van der Waals surface area contributed by atoms with Gasteiger partial charge in [-0.15, -0.1) is 11.3 Å². The molecule has 0 saturated carbocycles. The molecule has 0 spiro atoms. The van der Waals surface area contributed by atoms with Crippen molar-refractivity contribution in [2.24, 2.45) is 0 Å². The molecule has 0 radical (unpaired) electrons. The average Bonchev–Trinajstić information content (AvgIpc) is 2.83. The summed E-state index contributed by atoms with van der Waals surface area (Å²) < 4.78 is 1.34. The number of thiophene rings is 1. The van der Waals surface area contributed by atoms with Gasteiger partial charge in [0.25, 0.3) is 0 Å². The number of rotatable bonds is 5. The maximum Gasteiger partial charge on any atom is 0.0646 e. The van der Waals surface area contributed by atoms with Gasteiger partial charge in [-0.05, 0) is 42.6 Å². The van der Waals surface area contributed by atoms with Crippen LogP contribution in [-0.2, 0) is 0 Å². The Balaban J connectivity index is 2.02. The van der Waals surface area contributed by atoms with Crippen molar-refractivity contribution in [2.45, 2.75) is 29.0 Å². The van der Waals surface area contributed by atoms with E-state index in [0.717, 1.165) is 6.54 Å². The second-order valence-corrected chi connectivity index (χ2v) is 6.20. The summed E-state index contributed by atoms with van der Waals surface area (Å²) >= 11 is 3.61. The molecule has 0 fully saturated rings. The van der Waals surface area contributed by atoms with E-state index in [-0.39, 0.29) is 0 Å². The summed E-state index contributed by atoms with van der Waals surface area (Å²) in [5.74, 6) is 0. The highest BCUT2D eigenvalue weighted by Gasteiger charge is 2.04. The van der Waals surface area contributed by atoms with Crippen LogP contribution in [0.2, 0.25) is 0 Å². The van der Waals surface area contributed by atoms with Crippen LogP contribution in [0.1, 0.15) is 25.5 Å². The van der Waals surface area contributed by atoms with Crippen LogP contribution in [0.25, 0.3) is 0 Å². The molecular weight excluding hydrogens is 246 g/mol. The zero-order valence-electron chi connectivity index (χ0n) is 10.1. The van der Waals surface area contributed by atoms with Crippen LogP contribution in [0.5, 0.6) is 0 Å². The van der Waals surface area contributed by atoms with Gasteiger partial charge in [-0.3, -0.25) is 0 Å². The normalized spacial score (nSPS) is 12.6. The van der Waals surface area contributed by atoms with Gasteiger partial charge in [-0.2, -0.15) is 0 Å². The van der Waals surface area contributed by atoms with Gasteiger partial charge in [0.2, 0.25) is 0 Å². The van der Waals surface area contributed by atoms with E-state index < -0.39 is 0 Å². The molecule has 1 nitrogen and oxygen atoms in total. The van der Waals surface area contributed by atoms with E-state index in [9.17, 15) is 0 Å². The third-order valence-corrected chi connectivity index (χ3v) is 4.65. The van der Waals surface area contributed by atoms with Crippen LogP contribution in [-0.4, -0.2) is 6.54 Å². The molecule has 0 aliphatic carbocycles. The molecule has 0 amide bonds. The SMILES string of the molecule is CCNC(C)c1ccc(Sc2cccs2)cc1. The van der Waals surface area contributed by atoms with Crippen molar-refractivity contribution in [3.63, 3.8) is 0 Å². The lowest BCUT2D eigenvalue weighted by molar-refractivity contribution is 0.598. The van der Waals surface area contributed by atoms with Crippen LogP contribution in [0.15, 0.2) is 50.9 Å². The minimum Gasteiger partial charge on any atom is -0.310 e. The number of nitrogens with one attached hydrogen (secondary N) is 1. The lowest BCUT2D eigenvalue weighted by Crippen LogP contribution is -2.17. The molecule has 0 bridgehead atoms. The Morgan fingerprint density at radius 3 is 2.59 bits per heavy atom. The third kappa shape index (κ3) is 3.60. The lowest BCUT2D eigenvalue weighted by Gasteiger charge is -2.12. The number of hydrogen-bond acceptors (Lipinski definition) is 3. The highest BCUT2D eigenvalue weighted by Crippen LogP contribution is 2.31. The van der Waals surface area contributed by atoms with E-state index in [2.05, 4.69) is 60.9 Å². The van der Waals surface area contributed by atoms with E-state index in [1.54, 1.807) is 11.3 Å². The van der Waals surface area contributed by atoms with Crippen LogP contribution in [0.3, 0.4) is 0 Å². The van der Waals surface area contributed by atoms with Crippen LogP contribution in [0, 0.1) is 0 Å². The first-order valence-corrected chi connectivity index (χ1v) is 7.54. The van der Waals surface area contributed by atoms with Crippen molar-refractivity contribution in [3.05, 3.63) is 47.3 Å². The fourth-order valence-electron chi connectivity index (χ4n) is 1.69.